The van der Waals surface area contributed by atoms with Gasteiger partial charge in [0.25, 0.3) is 0 Å². The van der Waals surface area contributed by atoms with E-state index in [1.807, 2.05) is 20.8 Å². The van der Waals surface area contributed by atoms with Gasteiger partial charge in [0.1, 0.15) is 10.8 Å². The van der Waals surface area contributed by atoms with Gasteiger partial charge in [-0.05, 0) is 43.5 Å². The second-order valence-electron chi connectivity index (χ2n) is 4.04. The summed E-state index contributed by atoms with van der Waals surface area (Å²) in [7, 11) is 1.68. The van der Waals surface area contributed by atoms with Crippen LogP contribution in [0.3, 0.4) is 0 Å². The molecule has 2 aromatic rings. The molecule has 0 spiro atoms. The standard InChI is InChI=1S/C13H15NO2S/c1-7-5-10(13-14-11(15)6-17-13)8(2)9(3)12(7)16-4/h5-6,15H,1-4H3. The maximum Gasteiger partial charge on any atom is 0.222 e. The van der Waals surface area contributed by atoms with Gasteiger partial charge in [-0.15, -0.1) is 11.3 Å². The van der Waals surface area contributed by atoms with Crippen molar-refractivity contribution in [3.05, 3.63) is 28.1 Å². The van der Waals surface area contributed by atoms with Gasteiger partial charge in [0.15, 0.2) is 0 Å². The average molecular weight is 249 g/mol. The molecule has 0 aliphatic rings. The van der Waals surface area contributed by atoms with Crippen LogP contribution in [0.1, 0.15) is 16.7 Å². The van der Waals surface area contributed by atoms with Crippen LogP contribution in [0.2, 0.25) is 0 Å². The zero-order valence-electron chi connectivity index (χ0n) is 10.4. The van der Waals surface area contributed by atoms with Crippen LogP contribution < -0.4 is 4.74 Å². The first-order valence-electron chi connectivity index (χ1n) is 5.34. The zero-order chi connectivity index (χ0) is 12.6. The number of ether oxygens (including phenoxy) is 1. The van der Waals surface area contributed by atoms with Crippen LogP contribution in [0.25, 0.3) is 10.6 Å². The minimum atomic E-state index is 0.0792. The lowest BCUT2D eigenvalue weighted by molar-refractivity contribution is 0.408. The predicted molar refractivity (Wildman–Crippen MR) is 70.0 cm³/mol. The van der Waals surface area contributed by atoms with Crippen molar-refractivity contribution in [1.82, 2.24) is 4.98 Å². The van der Waals surface area contributed by atoms with Gasteiger partial charge < -0.3 is 9.84 Å². The van der Waals surface area contributed by atoms with Crippen molar-refractivity contribution < 1.29 is 9.84 Å². The molecule has 0 saturated heterocycles. The Kier molecular flexibility index (Phi) is 3.07. The van der Waals surface area contributed by atoms with Crippen molar-refractivity contribution in [1.29, 1.82) is 0 Å². The maximum atomic E-state index is 9.32. The molecule has 1 heterocycles. The molecule has 17 heavy (non-hydrogen) atoms. The molecule has 1 aromatic carbocycles. The first-order valence-corrected chi connectivity index (χ1v) is 6.22. The predicted octanol–water partition coefficient (Wildman–Crippen LogP) is 3.45. The third-order valence-corrected chi connectivity index (χ3v) is 3.82. The van der Waals surface area contributed by atoms with Crippen molar-refractivity contribution in [3.8, 4) is 22.2 Å². The minimum absolute atomic E-state index is 0.0792. The van der Waals surface area contributed by atoms with E-state index < -0.39 is 0 Å². The average Bonchev–Trinajstić information content (AvgIpc) is 2.71. The normalized spacial score (nSPS) is 10.6. The van der Waals surface area contributed by atoms with Gasteiger partial charge in [0.2, 0.25) is 5.88 Å². The summed E-state index contributed by atoms with van der Waals surface area (Å²) < 4.78 is 5.39. The fourth-order valence-electron chi connectivity index (χ4n) is 1.98. The molecule has 0 aliphatic carbocycles. The van der Waals surface area contributed by atoms with Gasteiger partial charge in [-0.2, -0.15) is 0 Å². The van der Waals surface area contributed by atoms with Gasteiger partial charge in [-0.25, -0.2) is 4.98 Å². The Hall–Kier alpha value is -1.55. The number of aromatic nitrogens is 1. The van der Waals surface area contributed by atoms with Crippen molar-refractivity contribution in [2.75, 3.05) is 7.11 Å². The topological polar surface area (TPSA) is 42.4 Å². The molecule has 0 unspecified atom stereocenters. The highest BCUT2D eigenvalue weighted by Crippen LogP contribution is 2.36. The second kappa shape index (κ2) is 4.37. The summed E-state index contributed by atoms with van der Waals surface area (Å²) >= 11 is 1.45. The summed E-state index contributed by atoms with van der Waals surface area (Å²) in [6.45, 7) is 6.10. The van der Waals surface area contributed by atoms with Crippen LogP contribution in [0.4, 0.5) is 0 Å². The second-order valence-corrected chi connectivity index (χ2v) is 4.89. The van der Waals surface area contributed by atoms with E-state index in [4.69, 9.17) is 4.74 Å². The summed E-state index contributed by atoms with van der Waals surface area (Å²) in [4.78, 5) is 4.11. The molecule has 2 rings (SSSR count). The lowest BCUT2D eigenvalue weighted by Gasteiger charge is -2.14. The van der Waals surface area contributed by atoms with Crippen molar-refractivity contribution >= 4 is 11.3 Å². The number of hydrogen-bond donors (Lipinski definition) is 1. The van der Waals surface area contributed by atoms with Crippen molar-refractivity contribution in [3.63, 3.8) is 0 Å². The molecule has 0 saturated carbocycles. The van der Waals surface area contributed by atoms with Crippen LogP contribution in [-0.2, 0) is 0 Å². The monoisotopic (exact) mass is 249 g/mol. The van der Waals surface area contributed by atoms with Gasteiger partial charge in [-0.3, -0.25) is 0 Å². The molecule has 0 atom stereocenters. The third-order valence-electron chi connectivity index (χ3n) is 2.95. The Morgan fingerprint density at radius 1 is 1.24 bits per heavy atom. The Bertz CT molecular complexity index is 561. The number of aryl methyl sites for hydroxylation is 1. The number of benzene rings is 1. The first kappa shape index (κ1) is 11.9. The lowest BCUT2D eigenvalue weighted by atomic mass is 9.99. The van der Waals surface area contributed by atoms with E-state index >= 15 is 0 Å². The lowest BCUT2D eigenvalue weighted by Crippen LogP contribution is -1.96. The molecule has 4 heteroatoms. The van der Waals surface area contributed by atoms with E-state index in [-0.39, 0.29) is 5.88 Å². The Labute approximate surface area is 105 Å². The van der Waals surface area contributed by atoms with Gasteiger partial charge in [0.05, 0.1) is 12.5 Å². The highest BCUT2D eigenvalue weighted by Gasteiger charge is 2.14. The molecule has 0 radical (unpaired) electrons. The summed E-state index contributed by atoms with van der Waals surface area (Å²) in [5.74, 6) is 1.00. The van der Waals surface area contributed by atoms with Gasteiger partial charge >= 0.3 is 0 Å². The van der Waals surface area contributed by atoms with Crippen LogP contribution >= 0.6 is 11.3 Å². The number of methoxy groups -OCH3 is 1. The Morgan fingerprint density at radius 2 is 1.94 bits per heavy atom. The number of nitrogens with zero attached hydrogens (tertiary/aromatic N) is 1. The first-order chi connectivity index (χ1) is 8.04. The van der Waals surface area contributed by atoms with E-state index in [0.717, 1.165) is 33.0 Å². The van der Waals surface area contributed by atoms with Crippen LogP contribution in [-0.4, -0.2) is 17.2 Å². The fourth-order valence-corrected chi connectivity index (χ4v) is 2.74. The van der Waals surface area contributed by atoms with Gasteiger partial charge in [0, 0.05) is 5.56 Å². The molecule has 0 aliphatic heterocycles. The van der Waals surface area contributed by atoms with E-state index in [9.17, 15) is 5.11 Å². The summed E-state index contributed by atoms with van der Waals surface area (Å²) in [5.41, 5.74) is 4.41. The summed E-state index contributed by atoms with van der Waals surface area (Å²) in [6, 6.07) is 2.06. The SMILES string of the molecule is COc1c(C)cc(-c2nc(O)cs2)c(C)c1C. The third kappa shape index (κ3) is 2.00. The Morgan fingerprint density at radius 3 is 2.47 bits per heavy atom. The Balaban J connectivity index is 2.64. The number of thiazole rings is 1. The minimum Gasteiger partial charge on any atom is -0.496 e. The highest BCUT2D eigenvalue weighted by atomic mass is 32.1. The maximum absolute atomic E-state index is 9.32. The van der Waals surface area contributed by atoms with Crippen LogP contribution in [0.5, 0.6) is 11.6 Å². The zero-order valence-corrected chi connectivity index (χ0v) is 11.2. The molecule has 1 N–H and O–H groups in total. The number of hydrogen-bond acceptors (Lipinski definition) is 4. The van der Waals surface area contributed by atoms with Gasteiger partial charge in [-0.1, -0.05) is 0 Å². The van der Waals surface area contributed by atoms with E-state index in [1.54, 1.807) is 12.5 Å². The van der Waals surface area contributed by atoms with E-state index in [2.05, 4.69) is 11.1 Å². The quantitative estimate of drug-likeness (QED) is 0.886. The molecular formula is C13H15NO2S. The summed E-state index contributed by atoms with van der Waals surface area (Å²) in [6.07, 6.45) is 0. The van der Waals surface area contributed by atoms with Crippen molar-refractivity contribution in [2.45, 2.75) is 20.8 Å². The van der Waals surface area contributed by atoms with E-state index in [1.165, 1.54) is 11.3 Å². The molecule has 0 fully saturated rings. The number of rotatable bonds is 2. The largest absolute Gasteiger partial charge is 0.496 e. The highest BCUT2D eigenvalue weighted by molar-refractivity contribution is 7.13. The molecule has 0 bridgehead atoms. The van der Waals surface area contributed by atoms with Crippen molar-refractivity contribution in [2.24, 2.45) is 0 Å². The number of aromatic hydroxyl groups is 1. The molecule has 1 aromatic heterocycles. The summed E-state index contributed by atoms with van der Waals surface area (Å²) in [5, 5.41) is 11.8. The smallest absolute Gasteiger partial charge is 0.222 e. The molecule has 90 valence electrons. The molecular weight excluding hydrogens is 234 g/mol. The fraction of sp³-hybridized carbons (Fsp3) is 0.308. The van der Waals surface area contributed by atoms with E-state index in [0.29, 0.717) is 0 Å². The van der Waals surface area contributed by atoms with Crippen LogP contribution in [0.15, 0.2) is 11.4 Å². The molecule has 3 nitrogen and oxygen atoms in total. The molecule has 0 amide bonds. The van der Waals surface area contributed by atoms with Crippen LogP contribution in [0, 0.1) is 20.8 Å².